The number of hydrogen-bond acceptors (Lipinski definition) is 6. The molecule has 2 N–H and O–H groups in total. The summed E-state index contributed by atoms with van der Waals surface area (Å²) in [6.07, 6.45) is -0.680. The molecule has 9 nitrogen and oxygen atoms in total. The van der Waals surface area contributed by atoms with Crippen molar-refractivity contribution in [1.29, 1.82) is 0 Å². The number of carbonyl (C=O) groups is 3. The van der Waals surface area contributed by atoms with Crippen molar-refractivity contribution in [3.05, 3.63) is 60.2 Å². The van der Waals surface area contributed by atoms with E-state index >= 15 is 0 Å². The van der Waals surface area contributed by atoms with E-state index in [-0.39, 0.29) is 18.4 Å². The van der Waals surface area contributed by atoms with Gasteiger partial charge in [-0.05, 0) is 24.6 Å². The van der Waals surface area contributed by atoms with Crippen LogP contribution in [0.5, 0.6) is 11.5 Å². The number of fused-ring (bicyclic) bond motifs is 1. The predicted molar refractivity (Wildman–Crippen MR) is 121 cm³/mol. The summed E-state index contributed by atoms with van der Waals surface area (Å²) in [6.45, 7) is 4.26. The zero-order valence-electron chi connectivity index (χ0n) is 18.5. The van der Waals surface area contributed by atoms with Crippen LogP contribution in [-0.2, 0) is 16.1 Å². The van der Waals surface area contributed by atoms with Crippen LogP contribution >= 0.6 is 0 Å². The molecule has 2 heterocycles. The summed E-state index contributed by atoms with van der Waals surface area (Å²) in [5, 5.41) is 5.08. The SMILES string of the molecule is C[C@@H](C(=O)NC(=O)NCc1ccccc1)N1CCN(C(=O)[C@@H]2COc3ccccc3O2)CC1. The van der Waals surface area contributed by atoms with E-state index in [4.69, 9.17) is 9.47 Å². The van der Waals surface area contributed by atoms with E-state index in [1.165, 1.54) is 0 Å². The second-order valence-corrected chi connectivity index (χ2v) is 8.06. The third kappa shape index (κ3) is 5.61. The number of para-hydroxylation sites is 2. The number of ether oxygens (including phenoxy) is 2. The number of hydrogen-bond donors (Lipinski definition) is 2. The molecule has 1 fully saturated rings. The van der Waals surface area contributed by atoms with Gasteiger partial charge in [0, 0.05) is 32.7 Å². The van der Waals surface area contributed by atoms with Gasteiger partial charge in [0.2, 0.25) is 12.0 Å². The van der Waals surface area contributed by atoms with Crippen molar-refractivity contribution in [3.8, 4) is 11.5 Å². The number of benzene rings is 2. The van der Waals surface area contributed by atoms with Crippen LogP contribution in [0.3, 0.4) is 0 Å². The molecule has 0 aromatic heterocycles. The topological polar surface area (TPSA) is 100 Å². The average molecular weight is 453 g/mol. The third-order valence-electron chi connectivity index (χ3n) is 5.87. The van der Waals surface area contributed by atoms with Crippen LogP contribution in [0.15, 0.2) is 54.6 Å². The van der Waals surface area contributed by atoms with Crippen LogP contribution in [0.1, 0.15) is 12.5 Å². The Labute approximate surface area is 192 Å². The van der Waals surface area contributed by atoms with Gasteiger partial charge in [0.1, 0.15) is 6.61 Å². The summed E-state index contributed by atoms with van der Waals surface area (Å²) < 4.78 is 11.5. The Morgan fingerprint density at radius 2 is 1.64 bits per heavy atom. The second kappa shape index (κ2) is 10.4. The first kappa shape index (κ1) is 22.6. The molecule has 174 valence electrons. The number of nitrogens with zero attached hydrogens (tertiary/aromatic N) is 2. The fourth-order valence-electron chi connectivity index (χ4n) is 3.88. The number of amides is 4. The lowest BCUT2D eigenvalue weighted by molar-refractivity contribution is -0.143. The number of rotatable bonds is 5. The lowest BCUT2D eigenvalue weighted by atomic mass is 10.2. The Balaban J connectivity index is 1.21. The van der Waals surface area contributed by atoms with E-state index in [2.05, 4.69) is 10.6 Å². The quantitative estimate of drug-likeness (QED) is 0.711. The fourth-order valence-corrected chi connectivity index (χ4v) is 3.88. The highest BCUT2D eigenvalue weighted by Gasteiger charge is 2.34. The first-order valence-electron chi connectivity index (χ1n) is 11.0. The van der Waals surface area contributed by atoms with E-state index in [9.17, 15) is 14.4 Å². The van der Waals surface area contributed by atoms with Crippen LogP contribution in [0.2, 0.25) is 0 Å². The van der Waals surface area contributed by atoms with Crippen molar-refractivity contribution >= 4 is 17.8 Å². The van der Waals surface area contributed by atoms with Crippen molar-refractivity contribution in [3.63, 3.8) is 0 Å². The maximum Gasteiger partial charge on any atom is 0.321 e. The van der Waals surface area contributed by atoms with Gasteiger partial charge < -0.3 is 19.7 Å². The van der Waals surface area contributed by atoms with Gasteiger partial charge in [-0.1, -0.05) is 42.5 Å². The van der Waals surface area contributed by atoms with Gasteiger partial charge in [-0.2, -0.15) is 0 Å². The lowest BCUT2D eigenvalue weighted by Gasteiger charge is -2.39. The van der Waals surface area contributed by atoms with Crippen LogP contribution < -0.4 is 20.1 Å². The molecule has 2 aliphatic heterocycles. The van der Waals surface area contributed by atoms with Gasteiger partial charge in [-0.25, -0.2) is 4.79 Å². The maximum atomic E-state index is 12.9. The van der Waals surface area contributed by atoms with Gasteiger partial charge in [-0.3, -0.25) is 19.8 Å². The van der Waals surface area contributed by atoms with Gasteiger partial charge in [0.05, 0.1) is 6.04 Å². The molecule has 2 atom stereocenters. The molecule has 2 aliphatic rings. The number of urea groups is 1. The van der Waals surface area contributed by atoms with E-state index in [0.29, 0.717) is 44.2 Å². The minimum Gasteiger partial charge on any atom is -0.485 e. The summed E-state index contributed by atoms with van der Waals surface area (Å²) >= 11 is 0. The molecule has 0 aliphatic carbocycles. The van der Waals surface area contributed by atoms with Gasteiger partial charge in [0.25, 0.3) is 5.91 Å². The molecule has 1 saturated heterocycles. The van der Waals surface area contributed by atoms with Crippen LogP contribution in [0, 0.1) is 0 Å². The summed E-state index contributed by atoms with van der Waals surface area (Å²) in [7, 11) is 0. The van der Waals surface area contributed by atoms with E-state index in [0.717, 1.165) is 5.56 Å². The minimum atomic E-state index is -0.680. The van der Waals surface area contributed by atoms with Crippen LogP contribution in [0.25, 0.3) is 0 Å². The predicted octanol–water partition coefficient (Wildman–Crippen LogP) is 1.39. The minimum absolute atomic E-state index is 0.124. The van der Waals surface area contributed by atoms with E-state index in [1.807, 2.05) is 53.4 Å². The Morgan fingerprint density at radius 3 is 2.36 bits per heavy atom. The highest BCUT2D eigenvalue weighted by Crippen LogP contribution is 2.31. The molecule has 2 aromatic carbocycles. The second-order valence-electron chi connectivity index (χ2n) is 8.06. The number of carbonyl (C=O) groups excluding carboxylic acids is 3. The van der Waals surface area contributed by atoms with E-state index < -0.39 is 18.2 Å². The molecular formula is C24H28N4O5. The largest absolute Gasteiger partial charge is 0.485 e. The highest BCUT2D eigenvalue weighted by atomic mass is 16.6. The summed E-state index contributed by atoms with van der Waals surface area (Å²) in [4.78, 5) is 41.2. The molecule has 9 heteroatoms. The zero-order chi connectivity index (χ0) is 23.2. The molecule has 0 radical (unpaired) electrons. The highest BCUT2D eigenvalue weighted by molar-refractivity contribution is 5.96. The first-order valence-corrected chi connectivity index (χ1v) is 11.0. The number of piperazine rings is 1. The van der Waals surface area contributed by atoms with Crippen molar-refractivity contribution in [2.45, 2.75) is 25.6 Å². The van der Waals surface area contributed by atoms with E-state index in [1.54, 1.807) is 17.9 Å². The molecule has 4 amide bonds. The molecule has 2 aromatic rings. The van der Waals surface area contributed by atoms with Crippen molar-refractivity contribution in [2.75, 3.05) is 32.8 Å². The van der Waals surface area contributed by atoms with Gasteiger partial charge in [-0.15, -0.1) is 0 Å². The monoisotopic (exact) mass is 452 g/mol. The Kier molecular flexibility index (Phi) is 7.09. The van der Waals surface area contributed by atoms with Gasteiger partial charge in [0.15, 0.2) is 11.5 Å². The average Bonchev–Trinajstić information content (AvgIpc) is 2.87. The van der Waals surface area contributed by atoms with Crippen molar-refractivity contribution in [2.24, 2.45) is 0 Å². The molecule has 33 heavy (non-hydrogen) atoms. The Morgan fingerprint density at radius 1 is 0.970 bits per heavy atom. The van der Waals surface area contributed by atoms with Crippen LogP contribution in [-0.4, -0.2) is 72.6 Å². The Hall–Kier alpha value is -3.59. The Bertz CT molecular complexity index is 991. The third-order valence-corrected chi connectivity index (χ3v) is 5.87. The van der Waals surface area contributed by atoms with Crippen LogP contribution in [0.4, 0.5) is 4.79 Å². The standard InChI is InChI=1S/C24H28N4O5/c1-17(22(29)26-24(31)25-15-18-7-3-2-4-8-18)27-11-13-28(14-12-27)23(30)21-16-32-19-9-5-6-10-20(19)33-21/h2-10,17,21H,11-16H2,1H3,(H2,25,26,29,31)/t17-,21-/m0/s1. The lowest BCUT2D eigenvalue weighted by Crippen LogP contribution is -2.58. The summed E-state index contributed by atoms with van der Waals surface area (Å²) in [5.74, 6) is 0.707. The molecule has 4 rings (SSSR count). The first-order chi connectivity index (χ1) is 16.0. The molecule has 0 unspecified atom stereocenters. The maximum absolute atomic E-state index is 12.9. The number of imide groups is 1. The zero-order valence-corrected chi connectivity index (χ0v) is 18.5. The van der Waals surface area contributed by atoms with Crippen molar-refractivity contribution < 1.29 is 23.9 Å². The molecule has 0 saturated carbocycles. The fraction of sp³-hybridized carbons (Fsp3) is 0.375. The molecule has 0 bridgehead atoms. The molecule has 0 spiro atoms. The summed E-state index contributed by atoms with van der Waals surface area (Å²) in [5.41, 5.74) is 0.949. The van der Waals surface area contributed by atoms with Gasteiger partial charge >= 0.3 is 6.03 Å². The van der Waals surface area contributed by atoms with Crippen molar-refractivity contribution in [1.82, 2.24) is 20.4 Å². The normalized spacial score (nSPS) is 18.8. The smallest absolute Gasteiger partial charge is 0.321 e. The number of nitrogens with one attached hydrogen (secondary N) is 2. The molecular weight excluding hydrogens is 424 g/mol. The summed E-state index contributed by atoms with van der Waals surface area (Å²) in [6, 6.07) is 15.7.